The third-order valence-corrected chi connectivity index (χ3v) is 5.65. The molecule has 3 rings (SSSR count). The maximum atomic E-state index is 12.2. The van der Waals surface area contributed by atoms with Crippen molar-refractivity contribution in [3.63, 3.8) is 0 Å². The third kappa shape index (κ3) is 2.43. The molecule has 1 aromatic heterocycles. The predicted molar refractivity (Wildman–Crippen MR) is 85.8 cm³/mol. The van der Waals surface area contributed by atoms with E-state index in [-0.39, 0.29) is 17.3 Å². The summed E-state index contributed by atoms with van der Waals surface area (Å²) in [5, 5.41) is 3.39. The van der Waals surface area contributed by atoms with Crippen molar-refractivity contribution in [3.8, 4) is 0 Å². The van der Waals surface area contributed by atoms with Gasteiger partial charge in [0.25, 0.3) is 5.91 Å². The Labute approximate surface area is 128 Å². The zero-order valence-electron chi connectivity index (χ0n) is 12.6. The van der Waals surface area contributed by atoms with Crippen molar-refractivity contribution in [1.29, 1.82) is 0 Å². The second-order valence-electron chi connectivity index (χ2n) is 6.33. The van der Waals surface area contributed by atoms with Gasteiger partial charge in [0, 0.05) is 31.3 Å². The molecule has 0 radical (unpaired) electrons. The van der Waals surface area contributed by atoms with Crippen molar-refractivity contribution in [1.82, 2.24) is 15.3 Å². The molecule has 0 saturated carbocycles. The summed E-state index contributed by atoms with van der Waals surface area (Å²) in [7, 11) is 0. The number of nitrogens with two attached hydrogens (primary N) is 1. The Morgan fingerprint density at radius 1 is 1.43 bits per heavy atom. The fourth-order valence-corrected chi connectivity index (χ4v) is 4.24. The van der Waals surface area contributed by atoms with Gasteiger partial charge in [0.1, 0.15) is 11.4 Å². The van der Waals surface area contributed by atoms with Gasteiger partial charge in [-0.3, -0.25) is 4.79 Å². The summed E-state index contributed by atoms with van der Waals surface area (Å²) in [6.07, 6.45) is 2.84. The number of nitrogens with zero attached hydrogens (tertiary/aromatic N) is 3. The van der Waals surface area contributed by atoms with Gasteiger partial charge in [-0.1, -0.05) is 13.8 Å². The highest BCUT2D eigenvalue weighted by atomic mass is 32.2. The van der Waals surface area contributed by atoms with Crippen LogP contribution in [-0.2, 0) is 6.42 Å². The molecule has 7 heteroatoms. The molecule has 114 valence electrons. The zero-order valence-corrected chi connectivity index (χ0v) is 13.5. The number of amides is 1. The lowest BCUT2D eigenvalue weighted by Gasteiger charge is -2.25. The fourth-order valence-electron chi connectivity index (χ4n) is 3.20. The molecular formula is C14H21N5OS. The van der Waals surface area contributed by atoms with E-state index >= 15 is 0 Å². The molecule has 3 heterocycles. The van der Waals surface area contributed by atoms with Crippen LogP contribution < -0.4 is 16.0 Å². The molecule has 1 atom stereocenters. The van der Waals surface area contributed by atoms with Crippen molar-refractivity contribution in [2.24, 2.45) is 5.41 Å². The summed E-state index contributed by atoms with van der Waals surface area (Å²) >= 11 is 1.86. The van der Waals surface area contributed by atoms with Gasteiger partial charge in [-0.05, 0) is 11.7 Å². The topological polar surface area (TPSA) is 84.1 Å². The number of thioether (sulfide) groups is 1. The highest BCUT2D eigenvalue weighted by Crippen LogP contribution is 2.40. The molecule has 2 aliphatic rings. The highest BCUT2D eigenvalue weighted by molar-refractivity contribution is 7.99. The maximum absolute atomic E-state index is 12.2. The summed E-state index contributed by atoms with van der Waals surface area (Å²) in [5.74, 6) is 0.861. The number of carbonyl (C=O) groups excluding carboxylic acids is 1. The largest absolute Gasteiger partial charge is 0.368 e. The van der Waals surface area contributed by atoms with Gasteiger partial charge in [0.15, 0.2) is 0 Å². The molecule has 6 nitrogen and oxygen atoms in total. The molecule has 2 aliphatic heterocycles. The Bertz CT molecular complexity index is 589. The molecule has 0 aromatic carbocycles. The van der Waals surface area contributed by atoms with Crippen LogP contribution in [0.5, 0.6) is 0 Å². The molecule has 0 aliphatic carbocycles. The molecule has 21 heavy (non-hydrogen) atoms. The molecular weight excluding hydrogens is 286 g/mol. The highest BCUT2D eigenvalue weighted by Gasteiger charge is 2.41. The Balaban J connectivity index is 2.03. The zero-order chi connectivity index (χ0) is 15.2. The first-order valence-electron chi connectivity index (χ1n) is 7.14. The van der Waals surface area contributed by atoms with Crippen molar-refractivity contribution in [3.05, 3.63) is 11.3 Å². The monoisotopic (exact) mass is 307 g/mol. The minimum atomic E-state index is -0.0864. The van der Waals surface area contributed by atoms with E-state index in [0.717, 1.165) is 18.8 Å². The standard InChI is InChI=1S/C14H21N5OS/c1-14(2)7-19(6-9(14)21-3)11-10-8(17-13(15)18-11)4-5-16-12(10)20/h9H,4-7H2,1-3H3,(H,16,20)(H2,15,17,18). The number of hydrogen-bond donors (Lipinski definition) is 2. The first kappa shape index (κ1) is 14.4. The van der Waals surface area contributed by atoms with Gasteiger partial charge in [-0.25, -0.2) is 4.98 Å². The van der Waals surface area contributed by atoms with E-state index in [2.05, 4.69) is 40.3 Å². The molecule has 1 unspecified atom stereocenters. The Hall–Kier alpha value is -1.50. The SMILES string of the molecule is CSC1CN(c2nc(N)nc3c2C(=O)NCC3)CC1(C)C. The number of anilines is 2. The van der Waals surface area contributed by atoms with E-state index in [0.29, 0.717) is 29.6 Å². The Kier molecular flexibility index (Phi) is 3.47. The van der Waals surface area contributed by atoms with Gasteiger partial charge < -0.3 is 16.0 Å². The average Bonchev–Trinajstić information content (AvgIpc) is 2.72. The van der Waals surface area contributed by atoms with Crippen LogP contribution in [0.15, 0.2) is 0 Å². The summed E-state index contributed by atoms with van der Waals surface area (Å²) in [5.41, 5.74) is 7.40. The van der Waals surface area contributed by atoms with Gasteiger partial charge in [0.2, 0.25) is 5.95 Å². The van der Waals surface area contributed by atoms with E-state index in [1.165, 1.54) is 0 Å². The molecule has 1 fully saturated rings. The number of hydrogen-bond acceptors (Lipinski definition) is 6. The molecule has 3 N–H and O–H groups in total. The predicted octanol–water partition coefficient (Wildman–Crippen LogP) is 0.922. The lowest BCUT2D eigenvalue weighted by Crippen LogP contribution is -2.36. The van der Waals surface area contributed by atoms with Crippen molar-refractivity contribution < 1.29 is 4.79 Å². The maximum Gasteiger partial charge on any atom is 0.256 e. The second kappa shape index (κ2) is 5.05. The van der Waals surface area contributed by atoms with Crippen LogP contribution in [0.4, 0.5) is 11.8 Å². The minimum absolute atomic E-state index is 0.0864. The van der Waals surface area contributed by atoms with Crippen molar-refractivity contribution in [2.45, 2.75) is 25.5 Å². The summed E-state index contributed by atoms with van der Waals surface area (Å²) in [4.78, 5) is 23.0. The molecule has 1 aromatic rings. The number of nitrogens with one attached hydrogen (secondary N) is 1. The van der Waals surface area contributed by atoms with E-state index in [1.807, 2.05) is 11.8 Å². The average molecular weight is 307 g/mol. The number of rotatable bonds is 2. The first-order chi connectivity index (χ1) is 9.92. The molecule has 0 spiro atoms. The smallest absolute Gasteiger partial charge is 0.256 e. The van der Waals surface area contributed by atoms with E-state index in [4.69, 9.17) is 5.73 Å². The van der Waals surface area contributed by atoms with Crippen molar-refractivity contribution >= 4 is 29.4 Å². The van der Waals surface area contributed by atoms with Gasteiger partial charge in [-0.2, -0.15) is 16.7 Å². The van der Waals surface area contributed by atoms with Crippen LogP contribution in [0.25, 0.3) is 0 Å². The minimum Gasteiger partial charge on any atom is -0.368 e. The summed E-state index contributed by atoms with van der Waals surface area (Å²) in [6, 6.07) is 0. The Morgan fingerprint density at radius 2 is 2.19 bits per heavy atom. The van der Waals surface area contributed by atoms with E-state index in [9.17, 15) is 4.79 Å². The van der Waals surface area contributed by atoms with Gasteiger partial charge in [-0.15, -0.1) is 0 Å². The first-order valence-corrected chi connectivity index (χ1v) is 8.43. The molecule has 1 amide bonds. The van der Waals surface area contributed by atoms with Gasteiger partial charge >= 0.3 is 0 Å². The lowest BCUT2D eigenvalue weighted by molar-refractivity contribution is 0.0945. The quantitative estimate of drug-likeness (QED) is 0.845. The number of aromatic nitrogens is 2. The van der Waals surface area contributed by atoms with Crippen LogP contribution in [0.3, 0.4) is 0 Å². The third-order valence-electron chi connectivity index (χ3n) is 4.30. The van der Waals surface area contributed by atoms with E-state index in [1.54, 1.807) is 0 Å². The van der Waals surface area contributed by atoms with Crippen LogP contribution in [0.1, 0.15) is 29.9 Å². The Morgan fingerprint density at radius 3 is 2.86 bits per heavy atom. The second-order valence-corrected chi connectivity index (χ2v) is 7.37. The van der Waals surface area contributed by atoms with Gasteiger partial charge in [0.05, 0.1) is 5.69 Å². The van der Waals surface area contributed by atoms with E-state index < -0.39 is 0 Å². The van der Waals surface area contributed by atoms with Crippen LogP contribution >= 0.6 is 11.8 Å². The molecule has 1 saturated heterocycles. The van der Waals surface area contributed by atoms with Crippen LogP contribution in [-0.4, -0.2) is 47.0 Å². The summed E-state index contributed by atoms with van der Waals surface area (Å²) < 4.78 is 0. The number of nitrogen functional groups attached to an aromatic ring is 1. The number of carbonyl (C=O) groups is 1. The number of fused-ring (bicyclic) bond motifs is 1. The lowest BCUT2D eigenvalue weighted by atomic mass is 9.92. The summed E-state index contributed by atoms with van der Waals surface area (Å²) in [6.45, 7) is 6.87. The fraction of sp³-hybridized carbons (Fsp3) is 0.643. The van der Waals surface area contributed by atoms with Crippen LogP contribution in [0, 0.1) is 5.41 Å². The van der Waals surface area contributed by atoms with Crippen LogP contribution in [0.2, 0.25) is 0 Å². The molecule has 0 bridgehead atoms. The van der Waals surface area contributed by atoms with Crippen molar-refractivity contribution in [2.75, 3.05) is 36.5 Å². The normalized spacial score (nSPS) is 23.9.